The Balaban J connectivity index is 2.78. The molecule has 15 heavy (non-hydrogen) atoms. The summed E-state index contributed by atoms with van der Waals surface area (Å²) in [5, 5.41) is 0. The Kier molecular flexibility index (Phi) is 3.85. The number of benzene rings is 1. The van der Waals surface area contributed by atoms with Crippen LogP contribution in [0.25, 0.3) is 0 Å². The molecule has 5 heteroatoms. The zero-order chi connectivity index (χ0) is 11.4. The van der Waals surface area contributed by atoms with E-state index in [1.807, 2.05) is 19.1 Å². The van der Waals surface area contributed by atoms with E-state index in [0.29, 0.717) is 10.0 Å². The van der Waals surface area contributed by atoms with Crippen LogP contribution in [0.2, 0.25) is 0 Å². The van der Waals surface area contributed by atoms with Crippen molar-refractivity contribution in [2.24, 2.45) is 0 Å². The molecule has 0 atom stereocenters. The summed E-state index contributed by atoms with van der Waals surface area (Å²) < 4.78 is 0.699. The lowest BCUT2D eigenvalue weighted by molar-refractivity contribution is -0.119. The molecule has 0 fully saturated rings. The third-order valence-corrected chi connectivity index (χ3v) is 2.38. The van der Waals surface area contributed by atoms with Crippen molar-refractivity contribution in [3.63, 3.8) is 0 Å². The van der Waals surface area contributed by atoms with Gasteiger partial charge in [-0.25, -0.2) is 0 Å². The molecule has 0 unspecified atom stereocenters. The van der Waals surface area contributed by atoms with Gasteiger partial charge in [-0.15, -0.1) is 0 Å². The number of hydrogen-bond donors (Lipinski definition) is 2. The molecule has 0 aromatic heterocycles. The van der Waals surface area contributed by atoms with Gasteiger partial charge in [0.25, 0.3) is 5.91 Å². The average Bonchev–Trinajstić information content (AvgIpc) is 2.14. The van der Waals surface area contributed by atoms with Gasteiger partial charge in [-0.3, -0.25) is 20.4 Å². The summed E-state index contributed by atoms with van der Waals surface area (Å²) in [5.41, 5.74) is 6.05. The van der Waals surface area contributed by atoms with E-state index >= 15 is 0 Å². The highest BCUT2D eigenvalue weighted by atomic mass is 79.9. The summed E-state index contributed by atoms with van der Waals surface area (Å²) in [5.74, 6) is -0.663. The van der Waals surface area contributed by atoms with Crippen LogP contribution in [-0.2, 0) is 4.79 Å². The molecule has 1 aromatic carbocycles. The van der Waals surface area contributed by atoms with Crippen LogP contribution in [0.4, 0.5) is 0 Å². The Morgan fingerprint density at radius 2 is 1.93 bits per heavy atom. The molecule has 4 nitrogen and oxygen atoms in total. The summed E-state index contributed by atoms with van der Waals surface area (Å²) in [7, 11) is 0. The second-order valence-corrected chi connectivity index (χ2v) is 3.97. The minimum atomic E-state index is -0.350. The fraction of sp³-hybridized carbons (Fsp3) is 0.200. The van der Waals surface area contributed by atoms with Gasteiger partial charge in [0.15, 0.2) is 0 Å². The van der Waals surface area contributed by atoms with Crippen molar-refractivity contribution < 1.29 is 9.59 Å². The van der Waals surface area contributed by atoms with Gasteiger partial charge in [-0.05, 0) is 40.5 Å². The molecule has 0 bridgehead atoms. The number of aryl methyl sites for hydroxylation is 1. The fourth-order valence-corrected chi connectivity index (χ4v) is 1.69. The maximum atomic E-state index is 11.5. The molecule has 0 heterocycles. The van der Waals surface area contributed by atoms with Crippen molar-refractivity contribution in [3.05, 3.63) is 33.8 Å². The summed E-state index contributed by atoms with van der Waals surface area (Å²) in [6.07, 6.45) is 0. The minimum Gasteiger partial charge on any atom is -0.274 e. The van der Waals surface area contributed by atoms with Crippen molar-refractivity contribution in [1.82, 2.24) is 10.9 Å². The van der Waals surface area contributed by atoms with Crippen molar-refractivity contribution in [1.29, 1.82) is 0 Å². The Morgan fingerprint density at radius 1 is 1.27 bits per heavy atom. The van der Waals surface area contributed by atoms with Crippen LogP contribution in [-0.4, -0.2) is 11.8 Å². The van der Waals surface area contributed by atoms with Crippen LogP contribution in [0.1, 0.15) is 22.8 Å². The van der Waals surface area contributed by atoms with E-state index in [9.17, 15) is 9.59 Å². The van der Waals surface area contributed by atoms with Crippen molar-refractivity contribution in [3.8, 4) is 0 Å². The van der Waals surface area contributed by atoms with E-state index in [2.05, 4.69) is 26.8 Å². The molecule has 2 amide bonds. The molecular weight excluding hydrogens is 260 g/mol. The van der Waals surface area contributed by atoms with Gasteiger partial charge < -0.3 is 0 Å². The molecular formula is C10H11BrN2O2. The highest BCUT2D eigenvalue weighted by molar-refractivity contribution is 9.10. The standard InChI is InChI=1S/C10H11BrN2O2/c1-6-3-4-8(9(11)5-6)10(15)13-12-7(2)14/h3-5H,1-2H3,(H,12,14)(H,13,15). The molecule has 0 spiro atoms. The van der Waals surface area contributed by atoms with Crippen LogP contribution in [0.3, 0.4) is 0 Å². The van der Waals surface area contributed by atoms with Crippen LogP contribution in [0, 0.1) is 6.92 Å². The zero-order valence-electron chi connectivity index (χ0n) is 8.43. The van der Waals surface area contributed by atoms with Crippen LogP contribution in [0.15, 0.2) is 22.7 Å². The Hall–Kier alpha value is -1.36. The third kappa shape index (κ3) is 3.36. The summed E-state index contributed by atoms with van der Waals surface area (Å²) >= 11 is 3.28. The first-order chi connectivity index (χ1) is 7.00. The fourth-order valence-electron chi connectivity index (χ4n) is 1.02. The van der Waals surface area contributed by atoms with Crippen LogP contribution >= 0.6 is 15.9 Å². The van der Waals surface area contributed by atoms with E-state index in [0.717, 1.165) is 5.56 Å². The normalized spacial score (nSPS) is 9.53. The second-order valence-electron chi connectivity index (χ2n) is 3.12. The van der Waals surface area contributed by atoms with E-state index in [1.54, 1.807) is 6.07 Å². The summed E-state index contributed by atoms with van der Waals surface area (Å²) in [4.78, 5) is 22.1. The predicted octanol–water partition coefficient (Wildman–Crippen LogP) is 1.54. The first kappa shape index (κ1) is 11.7. The van der Waals surface area contributed by atoms with Gasteiger partial charge in [0.05, 0.1) is 5.56 Å². The molecule has 0 aliphatic carbocycles. The van der Waals surface area contributed by atoms with E-state index in [4.69, 9.17) is 0 Å². The van der Waals surface area contributed by atoms with Crippen molar-refractivity contribution in [2.45, 2.75) is 13.8 Å². The predicted molar refractivity (Wildman–Crippen MR) is 60.2 cm³/mol. The SMILES string of the molecule is CC(=O)NNC(=O)c1ccc(C)cc1Br. The quantitative estimate of drug-likeness (QED) is 0.761. The summed E-state index contributed by atoms with van der Waals surface area (Å²) in [6.45, 7) is 3.25. The minimum absolute atomic E-state index is 0.313. The van der Waals surface area contributed by atoms with Gasteiger partial charge in [0.2, 0.25) is 5.91 Å². The van der Waals surface area contributed by atoms with Gasteiger partial charge in [0, 0.05) is 11.4 Å². The number of hydrogen-bond acceptors (Lipinski definition) is 2. The molecule has 2 N–H and O–H groups in total. The van der Waals surface area contributed by atoms with Crippen molar-refractivity contribution >= 4 is 27.7 Å². The largest absolute Gasteiger partial charge is 0.274 e. The first-order valence-corrected chi connectivity index (χ1v) is 5.13. The number of halogens is 1. The van der Waals surface area contributed by atoms with E-state index in [1.165, 1.54) is 6.92 Å². The molecule has 0 saturated heterocycles. The third-order valence-electron chi connectivity index (χ3n) is 1.72. The van der Waals surface area contributed by atoms with Gasteiger partial charge in [-0.1, -0.05) is 6.07 Å². The highest BCUT2D eigenvalue weighted by Crippen LogP contribution is 2.17. The number of nitrogens with one attached hydrogen (secondary N) is 2. The smallest absolute Gasteiger partial charge is 0.270 e. The lowest BCUT2D eigenvalue weighted by Crippen LogP contribution is -2.40. The monoisotopic (exact) mass is 270 g/mol. The van der Waals surface area contributed by atoms with Crippen LogP contribution in [0.5, 0.6) is 0 Å². The molecule has 0 aliphatic rings. The zero-order valence-corrected chi connectivity index (χ0v) is 10.0. The van der Waals surface area contributed by atoms with Gasteiger partial charge >= 0.3 is 0 Å². The van der Waals surface area contributed by atoms with Crippen LogP contribution < -0.4 is 10.9 Å². The first-order valence-electron chi connectivity index (χ1n) is 4.34. The molecule has 1 rings (SSSR count). The molecule has 0 radical (unpaired) electrons. The lowest BCUT2D eigenvalue weighted by Gasteiger charge is -2.07. The Morgan fingerprint density at radius 3 is 2.47 bits per heavy atom. The average molecular weight is 271 g/mol. The highest BCUT2D eigenvalue weighted by Gasteiger charge is 2.09. The molecule has 0 saturated carbocycles. The van der Waals surface area contributed by atoms with Crippen molar-refractivity contribution in [2.75, 3.05) is 0 Å². The topological polar surface area (TPSA) is 58.2 Å². The maximum Gasteiger partial charge on any atom is 0.270 e. The maximum absolute atomic E-state index is 11.5. The number of rotatable bonds is 1. The van der Waals surface area contributed by atoms with Gasteiger partial charge in [-0.2, -0.15) is 0 Å². The molecule has 80 valence electrons. The lowest BCUT2D eigenvalue weighted by atomic mass is 10.1. The van der Waals surface area contributed by atoms with E-state index < -0.39 is 0 Å². The Bertz CT molecular complexity index is 404. The number of carbonyl (C=O) groups is 2. The number of carbonyl (C=O) groups excluding carboxylic acids is 2. The Labute approximate surface area is 96.2 Å². The molecule has 0 aliphatic heterocycles. The second kappa shape index (κ2) is 4.93. The number of amides is 2. The summed E-state index contributed by atoms with van der Waals surface area (Å²) in [6, 6.07) is 5.35. The number of hydrazine groups is 1. The van der Waals surface area contributed by atoms with E-state index in [-0.39, 0.29) is 11.8 Å². The molecule has 1 aromatic rings. The van der Waals surface area contributed by atoms with Gasteiger partial charge in [0.1, 0.15) is 0 Å².